The number of carboxylic acids is 2. The van der Waals surface area contributed by atoms with Crippen LogP contribution >= 0.6 is 0 Å². The van der Waals surface area contributed by atoms with Crippen molar-refractivity contribution in [3.63, 3.8) is 0 Å². The summed E-state index contributed by atoms with van der Waals surface area (Å²) in [5, 5.41) is 42.9. The maximum Gasteiger partial charge on any atom is 1.00 e. The van der Waals surface area contributed by atoms with Crippen molar-refractivity contribution in [1.29, 1.82) is 0 Å². The van der Waals surface area contributed by atoms with Gasteiger partial charge in [0, 0.05) is 32.0 Å². The number of allylic oxidation sites excluding steroid dienone is 2. The van der Waals surface area contributed by atoms with Gasteiger partial charge in [-0.05, 0) is 39.0 Å². The van der Waals surface area contributed by atoms with Crippen molar-refractivity contribution in [3.8, 4) is 0 Å². The molecule has 0 aliphatic rings. The van der Waals surface area contributed by atoms with E-state index in [0.717, 1.165) is 19.8 Å². The Bertz CT molecular complexity index is 433. The van der Waals surface area contributed by atoms with Crippen LogP contribution in [-0.2, 0) is 9.59 Å². The molecular formula is C26H52NNaO7. The SMILES string of the molecule is CC(=O)[O-].CCCCCCCC/C=C\CCCCCCCC(=O)O.OCCN(CCO)CCO.[Na+]. The maximum absolute atomic E-state index is 10.3. The summed E-state index contributed by atoms with van der Waals surface area (Å²) in [5.41, 5.74) is 0. The van der Waals surface area contributed by atoms with Crippen LogP contribution in [0.5, 0.6) is 0 Å². The number of aliphatic carboxylic acids is 2. The van der Waals surface area contributed by atoms with Crippen molar-refractivity contribution >= 4 is 11.9 Å². The topological polar surface area (TPSA) is 141 Å². The first-order valence-electron chi connectivity index (χ1n) is 12.9. The van der Waals surface area contributed by atoms with Crippen LogP contribution in [0.2, 0.25) is 0 Å². The van der Waals surface area contributed by atoms with E-state index < -0.39 is 11.9 Å². The molecule has 0 atom stereocenters. The fourth-order valence-corrected chi connectivity index (χ4v) is 3.11. The van der Waals surface area contributed by atoms with Gasteiger partial charge in [-0.2, -0.15) is 0 Å². The van der Waals surface area contributed by atoms with Crippen LogP contribution in [0.15, 0.2) is 12.2 Å². The molecule has 9 heteroatoms. The van der Waals surface area contributed by atoms with Gasteiger partial charge in [0.2, 0.25) is 0 Å². The van der Waals surface area contributed by atoms with E-state index in [2.05, 4.69) is 19.1 Å². The van der Waals surface area contributed by atoms with Gasteiger partial charge in [-0.15, -0.1) is 0 Å². The van der Waals surface area contributed by atoms with E-state index in [9.17, 15) is 4.79 Å². The Kier molecular flexibility index (Phi) is 45.3. The number of unbranched alkanes of at least 4 members (excludes halogenated alkanes) is 11. The van der Waals surface area contributed by atoms with Crippen molar-refractivity contribution in [1.82, 2.24) is 4.90 Å². The number of aliphatic hydroxyl groups excluding tert-OH is 3. The fourth-order valence-electron chi connectivity index (χ4n) is 3.11. The van der Waals surface area contributed by atoms with Crippen LogP contribution in [0.25, 0.3) is 0 Å². The summed E-state index contributed by atoms with van der Waals surface area (Å²) in [6.45, 7) is 4.98. The van der Waals surface area contributed by atoms with Gasteiger partial charge in [-0.3, -0.25) is 9.69 Å². The molecule has 0 spiro atoms. The van der Waals surface area contributed by atoms with Crippen molar-refractivity contribution in [2.45, 2.75) is 104 Å². The third-order valence-electron chi connectivity index (χ3n) is 4.90. The molecule has 0 heterocycles. The van der Waals surface area contributed by atoms with Gasteiger partial charge >= 0.3 is 35.5 Å². The molecular weight excluding hydrogens is 461 g/mol. The number of carboxylic acid groups (broad SMARTS) is 2. The van der Waals surface area contributed by atoms with E-state index >= 15 is 0 Å². The summed E-state index contributed by atoms with van der Waals surface area (Å²) in [6, 6.07) is 0. The molecule has 0 fully saturated rings. The van der Waals surface area contributed by atoms with Crippen molar-refractivity contribution in [2.75, 3.05) is 39.5 Å². The molecule has 0 aliphatic carbocycles. The molecule has 0 bridgehead atoms. The first kappa shape index (κ1) is 41.6. The molecule has 0 aromatic rings. The van der Waals surface area contributed by atoms with Crippen LogP contribution in [0, 0.1) is 0 Å². The predicted molar refractivity (Wildman–Crippen MR) is 135 cm³/mol. The van der Waals surface area contributed by atoms with Gasteiger partial charge in [0.1, 0.15) is 0 Å². The minimum Gasteiger partial charge on any atom is -0.550 e. The Morgan fingerprint density at radius 3 is 1.40 bits per heavy atom. The molecule has 0 amide bonds. The van der Waals surface area contributed by atoms with E-state index in [1.807, 2.05) is 0 Å². The number of carbonyl (C=O) groups is 2. The van der Waals surface area contributed by atoms with E-state index in [4.69, 9.17) is 30.3 Å². The van der Waals surface area contributed by atoms with Gasteiger partial charge < -0.3 is 30.3 Å². The zero-order valence-electron chi connectivity index (χ0n) is 22.8. The molecule has 0 aromatic heterocycles. The Labute approximate surface area is 236 Å². The molecule has 0 saturated carbocycles. The zero-order valence-corrected chi connectivity index (χ0v) is 24.8. The summed E-state index contributed by atoms with van der Waals surface area (Å²) in [5.74, 6) is -1.75. The van der Waals surface area contributed by atoms with Crippen LogP contribution in [0.4, 0.5) is 0 Å². The summed E-state index contributed by atoms with van der Waals surface area (Å²) in [7, 11) is 0. The second kappa shape index (κ2) is 38.1. The Morgan fingerprint density at radius 2 is 1.06 bits per heavy atom. The van der Waals surface area contributed by atoms with Crippen molar-refractivity contribution in [3.05, 3.63) is 12.2 Å². The summed E-state index contributed by atoms with van der Waals surface area (Å²) in [4.78, 5) is 21.0. The number of hydrogen-bond donors (Lipinski definition) is 4. The van der Waals surface area contributed by atoms with Gasteiger partial charge in [0.05, 0.1) is 19.8 Å². The normalized spacial score (nSPS) is 10.2. The third-order valence-corrected chi connectivity index (χ3v) is 4.90. The van der Waals surface area contributed by atoms with Crippen LogP contribution in [0.3, 0.4) is 0 Å². The largest absolute Gasteiger partial charge is 1.00 e. The molecule has 0 rings (SSSR count). The monoisotopic (exact) mass is 513 g/mol. The van der Waals surface area contributed by atoms with E-state index in [-0.39, 0.29) is 49.4 Å². The standard InChI is InChI=1S/C18H34O2.C6H15NO3.C2H4O2.Na/c1-2-3-4-5-6-7-8-9-10-11-12-13-14-15-16-17-18(19)20;8-4-1-7(2-5-9)3-6-10;1-2(3)4;/h9-10H,2-8,11-17H2,1H3,(H,19,20);8-10H,1-6H2;1H3,(H,3,4);/q;;;+1/p-1/b10-9-;;;. The fraction of sp³-hybridized carbons (Fsp3) is 0.846. The van der Waals surface area contributed by atoms with Crippen LogP contribution in [0.1, 0.15) is 104 Å². The quantitative estimate of drug-likeness (QED) is 0.0965. The van der Waals surface area contributed by atoms with Gasteiger partial charge in [0.25, 0.3) is 0 Å². The summed E-state index contributed by atoms with van der Waals surface area (Å²) in [6.07, 6.45) is 21.2. The number of hydrogen-bond acceptors (Lipinski definition) is 7. The number of aliphatic hydroxyl groups is 3. The van der Waals surface area contributed by atoms with Crippen molar-refractivity contribution in [2.24, 2.45) is 0 Å². The average molecular weight is 514 g/mol. The van der Waals surface area contributed by atoms with E-state index in [1.165, 1.54) is 70.6 Å². The third kappa shape index (κ3) is 51.1. The predicted octanol–water partition coefficient (Wildman–Crippen LogP) is 0.134. The van der Waals surface area contributed by atoms with Gasteiger partial charge in [-0.25, -0.2) is 0 Å². The minimum atomic E-state index is -1.08. The number of carbonyl (C=O) groups excluding carboxylic acids is 1. The minimum absolute atomic E-state index is 0. The van der Waals surface area contributed by atoms with Crippen LogP contribution in [-0.4, -0.2) is 76.7 Å². The molecule has 0 aromatic carbocycles. The van der Waals surface area contributed by atoms with E-state index in [0.29, 0.717) is 26.1 Å². The van der Waals surface area contributed by atoms with Crippen LogP contribution < -0.4 is 34.7 Å². The molecule has 4 N–H and O–H groups in total. The summed E-state index contributed by atoms with van der Waals surface area (Å²) < 4.78 is 0. The molecule has 0 aliphatic heterocycles. The molecule has 35 heavy (non-hydrogen) atoms. The Balaban J connectivity index is -0.000000267. The molecule has 204 valence electrons. The Morgan fingerprint density at radius 1 is 0.714 bits per heavy atom. The number of nitrogens with zero attached hydrogens (tertiary/aromatic N) is 1. The first-order valence-corrected chi connectivity index (χ1v) is 12.9. The summed E-state index contributed by atoms with van der Waals surface area (Å²) >= 11 is 0. The zero-order chi connectivity index (χ0) is 26.3. The molecule has 0 radical (unpaired) electrons. The van der Waals surface area contributed by atoms with Gasteiger partial charge in [-0.1, -0.05) is 70.4 Å². The first-order chi connectivity index (χ1) is 16.3. The number of rotatable bonds is 21. The Hall–Kier alpha value is -0.480. The molecule has 0 unspecified atom stereocenters. The van der Waals surface area contributed by atoms with Crippen molar-refractivity contribution < 1.29 is 64.7 Å². The molecule has 8 nitrogen and oxygen atoms in total. The maximum atomic E-state index is 10.3. The molecule has 0 saturated heterocycles. The smallest absolute Gasteiger partial charge is 0.550 e. The average Bonchev–Trinajstić information content (AvgIpc) is 2.77. The van der Waals surface area contributed by atoms with E-state index in [1.54, 1.807) is 4.90 Å². The second-order valence-corrected chi connectivity index (χ2v) is 8.23. The second-order valence-electron chi connectivity index (χ2n) is 8.23. The van der Waals surface area contributed by atoms with Gasteiger partial charge in [0.15, 0.2) is 0 Å².